The lowest BCUT2D eigenvalue weighted by Crippen LogP contribution is -2.20. The Balaban J connectivity index is 1.73. The molecular weight excluding hydrogens is 524 g/mol. The Kier molecular flexibility index (Phi) is 8.37. The Morgan fingerprint density at radius 3 is 2.21 bits per heavy atom. The molecule has 11 heteroatoms. The number of rotatable bonds is 7. The maximum Gasteiger partial charge on any atom is 0.269 e. The minimum Gasteiger partial charge on any atom is -0.481 e. The van der Waals surface area contributed by atoms with Crippen LogP contribution in [0.4, 0.5) is 11.4 Å². The molecular formula is C23H13Cl4N3O4. The number of hydrogen-bond donors (Lipinski definition) is 1. The van der Waals surface area contributed by atoms with E-state index in [9.17, 15) is 20.2 Å². The number of non-ortho nitro benzene ring substituents is 1. The number of nitrogens with zero attached hydrogens (tertiary/aromatic N) is 2. The zero-order valence-corrected chi connectivity index (χ0v) is 20.0. The van der Waals surface area contributed by atoms with E-state index < -0.39 is 10.8 Å². The predicted molar refractivity (Wildman–Crippen MR) is 134 cm³/mol. The standard InChI is InChI=1S/C23H13Cl4N3O4/c24-18-6-3-16(10-19(18)25)29-22(31)12-34-23-20(26)8-13(9-21(23)27)7-15(11-28)14-1-4-17(5-2-14)30(32)33/h1-10H,12H2,(H,29,31)/b15-7+. The molecule has 0 aliphatic carbocycles. The Bertz CT molecular complexity index is 1310. The highest BCUT2D eigenvalue weighted by atomic mass is 35.5. The van der Waals surface area contributed by atoms with Gasteiger partial charge in [-0.2, -0.15) is 5.26 Å². The highest BCUT2D eigenvalue weighted by molar-refractivity contribution is 6.42. The second-order valence-electron chi connectivity index (χ2n) is 6.75. The highest BCUT2D eigenvalue weighted by Crippen LogP contribution is 2.35. The number of benzene rings is 3. The molecule has 0 aliphatic heterocycles. The van der Waals surface area contributed by atoms with Crippen molar-refractivity contribution < 1.29 is 14.5 Å². The van der Waals surface area contributed by atoms with Gasteiger partial charge in [-0.3, -0.25) is 14.9 Å². The quantitative estimate of drug-likeness (QED) is 0.148. The Labute approximate surface area is 214 Å². The summed E-state index contributed by atoms with van der Waals surface area (Å²) in [6.07, 6.45) is 1.53. The lowest BCUT2D eigenvalue weighted by Gasteiger charge is -2.12. The zero-order valence-electron chi connectivity index (χ0n) is 17.0. The molecule has 0 unspecified atom stereocenters. The summed E-state index contributed by atoms with van der Waals surface area (Å²) in [5.74, 6) is -0.377. The molecule has 1 N–H and O–H groups in total. The molecule has 0 fully saturated rings. The van der Waals surface area contributed by atoms with E-state index in [1.165, 1.54) is 48.5 Å². The van der Waals surface area contributed by atoms with Gasteiger partial charge in [0.25, 0.3) is 11.6 Å². The summed E-state index contributed by atoms with van der Waals surface area (Å²) in [6.45, 7) is -0.374. The van der Waals surface area contributed by atoms with Crippen LogP contribution in [0.2, 0.25) is 20.1 Å². The predicted octanol–water partition coefficient (Wildman–Crippen LogP) is 7.29. The van der Waals surface area contributed by atoms with Gasteiger partial charge in [-0.15, -0.1) is 0 Å². The third-order valence-corrected chi connectivity index (χ3v) is 5.69. The average Bonchev–Trinajstić information content (AvgIpc) is 2.79. The molecule has 172 valence electrons. The van der Waals surface area contributed by atoms with Gasteiger partial charge in [0.05, 0.1) is 36.7 Å². The number of nitriles is 1. The van der Waals surface area contributed by atoms with Gasteiger partial charge in [-0.05, 0) is 59.7 Å². The van der Waals surface area contributed by atoms with Crippen LogP contribution in [0.1, 0.15) is 11.1 Å². The molecule has 3 aromatic carbocycles. The van der Waals surface area contributed by atoms with E-state index in [2.05, 4.69) is 5.32 Å². The van der Waals surface area contributed by atoms with Crippen molar-refractivity contribution in [3.05, 3.63) is 95.9 Å². The van der Waals surface area contributed by atoms with Crippen LogP contribution >= 0.6 is 46.4 Å². The Morgan fingerprint density at radius 2 is 1.65 bits per heavy atom. The van der Waals surface area contributed by atoms with E-state index in [1.807, 2.05) is 6.07 Å². The van der Waals surface area contributed by atoms with Gasteiger partial charge in [-0.25, -0.2) is 0 Å². The first-order chi connectivity index (χ1) is 16.2. The molecule has 34 heavy (non-hydrogen) atoms. The van der Waals surface area contributed by atoms with E-state index in [1.54, 1.807) is 12.1 Å². The van der Waals surface area contributed by atoms with E-state index in [4.69, 9.17) is 51.1 Å². The van der Waals surface area contributed by atoms with Gasteiger partial charge in [0.15, 0.2) is 12.4 Å². The normalized spacial score (nSPS) is 11.0. The number of halogens is 4. The summed E-state index contributed by atoms with van der Waals surface area (Å²) < 4.78 is 5.48. The number of nitro groups is 1. The maximum atomic E-state index is 12.2. The summed E-state index contributed by atoms with van der Waals surface area (Å²) in [6, 6.07) is 15.3. The molecule has 0 radical (unpaired) electrons. The number of amides is 1. The van der Waals surface area contributed by atoms with Gasteiger partial charge < -0.3 is 10.1 Å². The summed E-state index contributed by atoms with van der Waals surface area (Å²) in [4.78, 5) is 22.5. The third-order valence-electron chi connectivity index (χ3n) is 4.39. The fourth-order valence-corrected chi connectivity index (χ4v) is 3.73. The lowest BCUT2D eigenvalue weighted by atomic mass is 10.0. The van der Waals surface area contributed by atoms with Gasteiger partial charge in [0.2, 0.25) is 0 Å². The maximum absolute atomic E-state index is 12.2. The van der Waals surface area contributed by atoms with E-state index in [-0.39, 0.29) is 33.7 Å². The van der Waals surface area contributed by atoms with Crippen LogP contribution < -0.4 is 10.1 Å². The minimum absolute atomic E-state index is 0.0863. The van der Waals surface area contributed by atoms with Crippen molar-refractivity contribution in [3.8, 4) is 11.8 Å². The molecule has 0 bridgehead atoms. The molecule has 0 saturated heterocycles. The monoisotopic (exact) mass is 535 g/mol. The number of nitro benzene ring substituents is 1. The number of carbonyl (C=O) groups is 1. The van der Waals surface area contributed by atoms with Crippen molar-refractivity contribution in [2.24, 2.45) is 0 Å². The van der Waals surface area contributed by atoms with Crippen LogP contribution in [0.5, 0.6) is 5.75 Å². The van der Waals surface area contributed by atoms with Crippen molar-refractivity contribution in [1.82, 2.24) is 0 Å². The molecule has 7 nitrogen and oxygen atoms in total. The molecule has 3 aromatic rings. The van der Waals surface area contributed by atoms with Gasteiger partial charge in [-0.1, -0.05) is 46.4 Å². The van der Waals surface area contributed by atoms with Crippen LogP contribution in [-0.2, 0) is 4.79 Å². The number of ether oxygens (including phenoxy) is 1. The fourth-order valence-electron chi connectivity index (χ4n) is 2.82. The van der Waals surface area contributed by atoms with Crippen molar-refractivity contribution in [2.75, 3.05) is 11.9 Å². The highest BCUT2D eigenvalue weighted by Gasteiger charge is 2.13. The first-order valence-electron chi connectivity index (χ1n) is 9.41. The zero-order chi connectivity index (χ0) is 24.8. The van der Waals surface area contributed by atoms with E-state index in [0.717, 1.165) is 0 Å². The van der Waals surface area contributed by atoms with Gasteiger partial charge in [0, 0.05) is 17.8 Å². The summed E-state index contributed by atoms with van der Waals surface area (Å²) in [7, 11) is 0. The molecule has 0 atom stereocenters. The number of nitrogens with one attached hydrogen (secondary N) is 1. The average molecular weight is 537 g/mol. The van der Waals surface area contributed by atoms with Gasteiger partial charge >= 0.3 is 0 Å². The van der Waals surface area contributed by atoms with E-state index >= 15 is 0 Å². The van der Waals surface area contributed by atoms with Crippen LogP contribution in [0.3, 0.4) is 0 Å². The number of carbonyl (C=O) groups excluding carboxylic acids is 1. The number of hydrogen-bond acceptors (Lipinski definition) is 5. The van der Waals surface area contributed by atoms with Crippen LogP contribution in [0.25, 0.3) is 11.6 Å². The van der Waals surface area contributed by atoms with Crippen molar-refractivity contribution in [2.45, 2.75) is 0 Å². The second-order valence-corrected chi connectivity index (χ2v) is 8.38. The second kappa shape index (κ2) is 11.2. The molecule has 0 spiro atoms. The summed E-state index contributed by atoms with van der Waals surface area (Å²) in [5.41, 5.74) is 1.58. The van der Waals surface area contributed by atoms with Gasteiger partial charge in [0.1, 0.15) is 0 Å². The molecule has 0 aliphatic rings. The van der Waals surface area contributed by atoms with Crippen molar-refractivity contribution in [3.63, 3.8) is 0 Å². The summed E-state index contributed by atoms with van der Waals surface area (Å²) >= 11 is 24.4. The SMILES string of the molecule is N#C/C(=C\c1cc(Cl)c(OCC(=O)Nc2ccc(Cl)c(Cl)c2)c(Cl)c1)c1ccc([N+](=O)[O-])cc1. The first kappa shape index (κ1) is 25.3. The molecule has 0 heterocycles. The Morgan fingerprint density at radius 1 is 1.00 bits per heavy atom. The molecule has 1 amide bonds. The molecule has 3 rings (SSSR count). The first-order valence-corrected chi connectivity index (χ1v) is 10.9. The van der Waals surface area contributed by atoms with Crippen LogP contribution in [0.15, 0.2) is 54.6 Å². The largest absolute Gasteiger partial charge is 0.481 e. The molecule has 0 saturated carbocycles. The lowest BCUT2D eigenvalue weighted by molar-refractivity contribution is -0.384. The molecule has 0 aromatic heterocycles. The van der Waals surface area contributed by atoms with Crippen LogP contribution in [0, 0.1) is 21.4 Å². The van der Waals surface area contributed by atoms with E-state index in [0.29, 0.717) is 26.9 Å². The minimum atomic E-state index is -0.525. The topological polar surface area (TPSA) is 105 Å². The fraction of sp³-hybridized carbons (Fsp3) is 0.0435. The number of anilines is 1. The number of allylic oxidation sites excluding steroid dienone is 1. The van der Waals surface area contributed by atoms with Crippen molar-refractivity contribution in [1.29, 1.82) is 5.26 Å². The van der Waals surface area contributed by atoms with Crippen LogP contribution in [-0.4, -0.2) is 17.4 Å². The Hall–Kier alpha value is -3.28. The van der Waals surface area contributed by atoms with Crippen molar-refractivity contribution >= 4 is 75.3 Å². The smallest absolute Gasteiger partial charge is 0.269 e. The third kappa shape index (κ3) is 6.40. The summed E-state index contributed by atoms with van der Waals surface area (Å²) in [5, 5.41) is 23.8.